The van der Waals surface area contributed by atoms with Gasteiger partial charge in [0.1, 0.15) is 5.75 Å². The quantitative estimate of drug-likeness (QED) is 0.281. The molecule has 1 aliphatic rings. The average molecular weight is 427 g/mol. The molecule has 2 aromatic carbocycles. The Morgan fingerprint density at radius 1 is 1.13 bits per heavy atom. The summed E-state index contributed by atoms with van der Waals surface area (Å²) in [5.41, 5.74) is 5.44. The molecule has 1 aliphatic heterocycles. The number of carbonyl (C=O) groups is 2. The predicted octanol–water partition coefficient (Wildman–Crippen LogP) is 1.55. The summed E-state index contributed by atoms with van der Waals surface area (Å²) in [5.74, 6) is -1.60. The van der Waals surface area contributed by atoms with Gasteiger partial charge in [-0.05, 0) is 36.8 Å². The Labute approximate surface area is 176 Å². The van der Waals surface area contributed by atoms with Crippen LogP contribution in [0.5, 0.6) is 5.75 Å². The standard InChI is InChI=1S/C19H17N5O5S/c1-10-15(18(27)23-22-17(26)13-7-2-3-8-14(13)25)16(21-19(30)20-10)11-5-4-6-12(9-11)24(28)29/h2-9,16,25H,1H3,(H,22,26)(H,23,27)(H2,20,21,30). The minimum Gasteiger partial charge on any atom is -0.507 e. The number of rotatable bonds is 4. The maximum absolute atomic E-state index is 12.8. The molecule has 2 aromatic rings. The first-order valence-corrected chi connectivity index (χ1v) is 9.10. The number of thiocarbonyl (C=S) groups is 1. The molecule has 0 radical (unpaired) electrons. The molecule has 0 saturated heterocycles. The maximum atomic E-state index is 12.8. The van der Waals surface area contributed by atoms with E-state index in [0.717, 1.165) is 0 Å². The zero-order valence-corrected chi connectivity index (χ0v) is 16.4. The second-order valence-electron chi connectivity index (χ2n) is 6.35. The zero-order valence-electron chi connectivity index (χ0n) is 15.6. The summed E-state index contributed by atoms with van der Waals surface area (Å²) in [6, 6.07) is 10.9. The lowest BCUT2D eigenvalue weighted by molar-refractivity contribution is -0.384. The summed E-state index contributed by atoms with van der Waals surface area (Å²) in [7, 11) is 0. The van der Waals surface area contributed by atoms with E-state index in [1.165, 1.54) is 30.3 Å². The fraction of sp³-hybridized carbons (Fsp3) is 0.105. The van der Waals surface area contributed by atoms with Gasteiger partial charge in [0, 0.05) is 17.8 Å². The monoisotopic (exact) mass is 427 g/mol. The number of nitrogens with one attached hydrogen (secondary N) is 4. The van der Waals surface area contributed by atoms with Crippen molar-refractivity contribution in [1.82, 2.24) is 21.5 Å². The summed E-state index contributed by atoms with van der Waals surface area (Å²) >= 11 is 5.15. The summed E-state index contributed by atoms with van der Waals surface area (Å²) < 4.78 is 0. The SMILES string of the molecule is CC1=C(C(=O)NNC(=O)c2ccccc2O)C(c2cccc([N+](=O)[O-])c2)NC(=S)N1. The van der Waals surface area contributed by atoms with E-state index in [2.05, 4.69) is 21.5 Å². The number of para-hydroxylation sites is 1. The second kappa shape index (κ2) is 8.57. The highest BCUT2D eigenvalue weighted by atomic mass is 32.1. The molecule has 1 unspecified atom stereocenters. The van der Waals surface area contributed by atoms with Gasteiger partial charge in [-0.25, -0.2) is 0 Å². The van der Waals surface area contributed by atoms with Gasteiger partial charge in [-0.15, -0.1) is 0 Å². The summed E-state index contributed by atoms with van der Waals surface area (Å²) in [4.78, 5) is 35.6. The van der Waals surface area contributed by atoms with Crippen LogP contribution in [0.25, 0.3) is 0 Å². The molecule has 154 valence electrons. The normalized spacial score (nSPS) is 15.6. The summed E-state index contributed by atoms with van der Waals surface area (Å²) in [6.45, 7) is 1.62. The Balaban J connectivity index is 1.84. The highest BCUT2D eigenvalue weighted by Crippen LogP contribution is 2.28. The maximum Gasteiger partial charge on any atom is 0.273 e. The lowest BCUT2D eigenvalue weighted by atomic mass is 9.95. The van der Waals surface area contributed by atoms with Crippen LogP contribution in [-0.4, -0.2) is 27.0 Å². The number of hydrogen-bond donors (Lipinski definition) is 5. The number of hydrogen-bond acceptors (Lipinski definition) is 6. The number of allylic oxidation sites excluding steroid dienone is 1. The van der Waals surface area contributed by atoms with Gasteiger partial charge >= 0.3 is 0 Å². The van der Waals surface area contributed by atoms with E-state index in [9.17, 15) is 24.8 Å². The highest BCUT2D eigenvalue weighted by molar-refractivity contribution is 7.80. The van der Waals surface area contributed by atoms with Crippen molar-refractivity contribution in [2.75, 3.05) is 0 Å². The second-order valence-corrected chi connectivity index (χ2v) is 6.76. The van der Waals surface area contributed by atoms with E-state index >= 15 is 0 Å². The number of phenolic OH excluding ortho intramolecular Hbond substituents is 1. The molecular formula is C19H17N5O5S. The first kappa shape index (κ1) is 20.7. The molecule has 1 atom stereocenters. The summed E-state index contributed by atoms with van der Waals surface area (Å²) in [6.07, 6.45) is 0. The third kappa shape index (κ3) is 4.36. The molecule has 5 N–H and O–H groups in total. The molecular weight excluding hydrogens is 410 g/mol. The third-order valence-corrected chi connectivity index (χ3v) is 4.59. The van der Waals surface area contributed by atoms with Crippen LogP contribution in [0.4, 0.5) is 5.69 Å². The number of benzene rings is 2. The Morgan fingerprint density at radius 3 is 2.53 bits per heavy atom. The molecule has 0 aliphatic carbocycles. The highest BCUT2D eigenvalue weighted by Gasteiger charge is 2.31. The zero-order chi connectivity index (χ0) is 21.8. The van der Waals surface area contributed by atoms with Gasteiger partial charge in [0.05, 0.1) is 22.1 Å². The van der Waals surface area contributed by atoms with Crippen molar-refractivity contribution in [3.05, 3.63) is 81.0 Å². The molecule has 0 fully saturated rings. The molecule has 0 aromatic heterocycles. The van der Waals surface area contributed by atoms with Crippen LogP contribution in [0.15, 0.2) is 59.8 Å². The van der Waals surface area contributed by atoms with Crippen LogP contribution in [0.3, 0.4) is 0 Å². The van der Waals surface area contributed by atoms with Crippen LogP contribution < -0.4 is 21.5 Å². The Hall–Kier alpha value is -3.99. The van der Waals surface area contributed by atoms with E-state index in [-0.39, 0.29) is 27.7 Å². The number of amides is 2. The van der Waals surface area contributed by atoms with Crippen LogP contribution in [0.1, 0.15) is 28.9 Å². The minimum absolute atomic E-state index is 0.0141. The number of carbonyl (C=O) groups excluding carboxylic acids is 2. The van der Waals surface area contributed by atoms with Crippen LogP contribution in [-0.2, 0) is 4.79 Å². The molecule has 10 nitrogen and oxygen atoms in total. The Morgan fingerprint density at radius 2 is 1.83 bits per heavy atom. The van der Waals surface area contributed by atoms with E-state index in [1.54, 1.807) is 25.1 Å². The van der Waals surface area contributed by atoms with E-state index in [0.29, 0.717) is 11.3 Å². The fourth-order valence-corrected chi connectivity index (χ4v) is 3.25. The average Bonchev–Trinajstić information content (AvgIpc) is 2.71. The van der Waals surface area contributed by atoms with Crippen molar-refractivity contribution >= 4 is 34.8 Å². The van der Waals surface area contributed by atoms with Crippen molar-refractivity contribution in [2.24, 2.45) is 0 Å². The molecule has 3 rings (SSSR count). The number of hydrazine groups is 1. The molecule has 11 heteroatoms. The number of phenols is 1. The predicted molar refractivity (Wildman–Crippen MR) is 111 cm³/mol. The molecule has 0 spiro atoms. The van der Waals surface area contributed by atoms with Crippen LogP contribution in [0.2, 0.25) is 0 Å². The number of non-ortho nitro benzene ring substituents is 1. The number of aromatic hydroxyl groups is 1. The Bertz CT molecular complexity index is 1080. The molecule has 30 heavy (non-hydrogen) atoms. The third-order valence-electron chi connectivity index (χ3n) is 4.37. The van der Waals surface area contributed by atoms with Gasteiger partial charge in [0.2, 0.25) is 0 Å². The van der Waals surface area contributed by atoms with E-state index < -0.39 is 22.8 Å². The summed E-state index contributed by atoms with van der Waals surface area (Å²) in [5, 5.41) is 26.9. The van der Waals surface area contributed by atoms with Crippen molar-refractivity contribution in [1.29, 1.82) is 0 Å². The number of nitro groups is 1. The van der Waals surface area contributed by atoms with Crippen molar-refractivity contribution < 1.29 is 19.6 Å². The molecule has 0 bridgehead atoms. The Kier molecular flexibility index (Phi) is 5.93. The molecule has 0 saturated carbocycles. The lowest BCUT2D eigenvalue weighted by Crippen LogP contribution is -2.50. The van der Waals surface area contributed by atoms with Gasteiger partial charge in [-0.1, -0.05) is 24.3 Å². The minimum atomic E-state index is -0.777. The largest absolute Gasteiger partial charge is 0.507 e. The van der Waals surface area contributed by atoms with E-state index in [4.69, 9.17) is 12.2 Å². The van der Waals surface area contributed by atoms with E-state index in [1.807, 2.05) is 0 Å². The first-order chi connectivity index (χ1) is 14.3. The van der Waals surface area contributed by atoms with Gasteiger partial charge in [0.25, 0.3) is 17.5 Å². The number of nitrogens with zero attached hydrogens (tertiary/aromatic N) is 1. The van der Waals surface area contributed by atoms with Crippen LogP contribution in [0, 0.1) is 10.1 Å². The van der Waals surface area contributed by atoms with Crippen molar-refractivity contribution in [3.8, 4) is 5.75 Å². The molecule has 1 heterocycles. The van der Waals surface area contributed by atoms with Gasteiger partial charge < -0.3 is 15.7 Å². The lowest BCUT2D eigenvalue weighted by Gasteiger charge is -2.30. The smallest absolute Gasteiger partial charge is 0.273 e. The number of nitro benzene ring substituents is 1. The van der Waals surface area contributed by atoms with Crippen molar-refractivity contribution in [2.45, 2.75) is 13.0 Å². The van der Waals surface area contributed by atoms with Gasteiger partial charge in [-0.3, -0.25) is 30.6 Å². The first-order valence-electron chi connectivity index (χ1n) is 8.69. The van der Waals surface area contributed by atoms with Gasteiger partial charge in [0.15, 0.2) is 5.11 Å². The van der Waals surface area contributed by atoms with Gasteiger partial charge in [-0.2, -0.15) is 0 Å². The van der Waals surface area contributed by atoms with Crippen molar-refractivity contribution in [3.63, 3.8) is 0 Å². The molecule has 2 amide bonds. The van der Waals surface area contributed by atoms with Crippen LogP contribution >= 0.6 is 12.2 Å². The topological polar surface area (TPSA) is 146 Å². The fourth-order valence-electron chi connectivity index (χ4n) is 2.98.